The molecule has 0 saturated heterocycles. The first-order chi connectivity index (χ1) is 10.7. The Morgan fingerprint density at radius 3 is 2.23 bits per heavy atom. The normalized spacial score (nSPS) is 21.4. The molecule has 2 nitrogen and oxygen atoms in total. The van der Waals surface area contributed by atoms with Gasteiger partial charge in [0.15, 0.2) is 11.5 Å². The zero-order valence-electron chi connectivity index (χ0n) is 13.1. The van der Waals surface area contributed by atoms with Crippen LogP contribution in [0.15, 0.2) is 24.8 Å². The largest absolute Gasteiger partial charge is 0.490 e. The lowest BCUT2D eigenvalue weighted by molar-refractivity contribution is 0.187. The van der Waals surface area contributed by atoms with Crippen molar-refractivity contribution in [2.75, 3.05) is 13.2 Å². The molecule has 0 amide bonds. The van der Waals surface area contributed by atoms with Crippen LogP contribution in [0.25, 0.3) is 0 Å². The first-order valence-electron chi connectivity index (χ1n) is 8.01. The molecular weight excluding hydrogens is 286 g/mol. The van der Waals surface area contributed by atoms with Crippen LogP contribution in [0.2, 0.25) is 0 Å². The second kappa shape index (κ2) is 8.16. The first kappa shape index (κ1) is 16.8. The maximum absolute atomic E-state index is 14.0. The molecule has 0 aliphatic heterocycles. The van der Waals surface area contributed by atoms with E-state index in [-0.39, 0.29) is 11.5 Å². The minimum absolute atomic E-state index is 0.0350. The Balaban J connectivity index is 1.90. The summed E-state index contributed by atoms with van der Waals surface area (Å²) in [4.78, 5) is 0. The van der Waals surface area contributed by atoms with Crippen LogP contribution in [0.4, 0.5) is 8.78 Å². The van der Waals surface area contributed by atoms with E-state index in [0.717, 1.165) is 32.1 Å². The summed E-state index contributed by atoms with van der Waals surface area (Å²) in [7, 11) is 0. The lowest BCUT2D eigenvalue weighted by Crippen LogP contribution is -2.19. The molecule has 1 fully saturated rings. The van der Waals surface area contributed by atoms with E-state index in [4.69, 9.17) is 9.47 Å². The topological polar surface area (TPSA) is 18.5 Å². The molecular formula is C18H24F2O2. The van der Waals surface area contributed by atoms with Gasteiger partial charge in [-0.1, -0.05) is 13.0 Å². The molecule has 0 bridgehead atoms. The highest BCUT2D eigenvalue weighted by Crippen LogP contribution is 2.32. The Bertz CT molecular complexity index is 494. The molecule has 1 aliphatic rings. The number of hydrogen-bond donors (Lipinski definition) is 0. The van der Waals surface area contributed by atoms with Crippen LogP contribution < -0.4 is 9.47 Å². The molecule has 1 saturated carbocycles. The summed E-state index contributed by atoms with van der Waals surface area (Å²) in [6, 6.07) is 2.87. The summed E-state index contributed by atoms with van der Waals surface area (Å²) in [5, 5.41) is 0. The van der Waals surface area contributed by atoms with Crippen LogP contribution in [-0.2, 0) is 0 Å². The number of hydrogen-bond acceptors (Lipinski definition) is 2. The highest BCUT2D eigenvalue weighted by molar-refractivity contribution is 5.35. The molecule has 1 aromatic carbocycles. The molecule has 0 spiro atoms. The van der Waals surface area contributed by atoms with Crippen molar-refractivity contribution in [2.45, 2.75) is 39.0 Å². The average Bonchev–Trinajstić information content (AvgIpc) is 2.56. The van der Waals surface area contributed by atoms with Crippen LogP contribution in [0.5, 0.6) is 11.5 Å². The molecule has 1 aromatic rings. The third kappa shape index (κ3) is 4.21. The minimum atomic E-state index is -0.971. The Morgan fingerprint density at radius 2 is 1.68 bits per heavy atom. The van der Waals surface area contributed by atoms with E-state index in [1.807, 2.05) is 13.0 Å². The predicted octanol–water partition coefficient (Wildman–Crippen LogP) is 5.12. The van der Waals surface area contributed by atoms with E-state index in [9.17, 15) is 8.78 Å². The Kier molecular flexibility index (Phi) is 6.22. The van der Waals surface area contributed by atoms with Crippen molar-refractivity contribution >= 4 is 0 Å². The third-order valence-corrected chi connectivity index (χ3v) is 4.17. The molecule has 0 radical (unpaired) electrons. The Labute approximate surface area is 131 Å². The van der Waals surface area contributed by atoms with E-state index in [1.165, 1.54) is 12.1 Å². The zero-order valence-corrected chi connectivity index (χ0v) is 13.1. The zero-order chi connectivity index (χ0) is 15.9. The molecule has 4 heteroatoms. The Morgan fingerprint density at radius 1 is 1.09 bits per heavy atom. The van der Waals surface area contributed by atoms with Gasteiger partial charge < -0.3 is 9.47 Å². The van der Waals surface area contributed by atoms with E-state index in [1.54, 1.807) is 0 Å². The fourth-order valence-corrected chi connectivity index (χ4v) is 2.75. The van der Waals surface area contributed by atoms with E-state index < -0.39 is 11.6 Å². The molecule has 22 heavy (non-hydrogen) atoms. The lowest BCUT2D eigenvalue weighted by atomic mass is 9.82. The average molecular weight is 310 g/mol. The highest BCUT2D eigenvalue weighted by Gasteiger charge is 2.21. The van der Waals surface area contributed by atoms with Crippen LogP contribution >= 0.6 is 0 Å². The third-order valence-electron chi connectivity index (χ3n) is 4.17. The molecule has 0 heterocycles. The first-order valence-corrected chi connectivity index (χ1v) is 8.01. The van der Waals surface area contributed by atoms with Gasteiger partial charge in [-0.3, -0.25) is 0 Å². The van der Waals surface area contributed by atoms with E-state index >= 15 is 0 Å². The molecule has 0 aromatic heterocycles. The molecule has 122 valence electrons. The summed E-state index contributed by atoms with van der Waals surface area (Å²) in [6.07, 6.45) is 7.02. The van der Waals surface area contributed by atoms with Gasteiger partial charge >= 0.3 is 0 Å². The van der Waals surface area contributed by atoms with Crippen molar-refractivity contribution in [1.29, 1.82) is 0 Å². The maximum atomic E-state index is 14.0. The van der Waals surface area contributed by atoms with Crippen molar-refractivity contribution in [2.24, 2.45) is 11.8 Å². The van der Waals surface area contributed by atoms with Crippen molar-refractivity contribution in [1.82, 2.24) is 0 Å². The van der Waals surface area contributed by atoms with Gasteiger partial charge in [0.05, 0.1) is 13.2 Å². The number of benzene rings is 1. The van der Waals surface area contributed by atoms with Gasteiger partial charge in [-0.15, -0.1) is 6.58 Å². The van der Waals surface area contributed by atoms with Crippen molar-refractivity contribution in [3.8, 4) is 11.5 Å². The maximum Gasteiger partial charge on any atom is 0.204 e. The van der Waals surface area contributed by atoms with Gasteiger partial charge in [0.25, 0.3) is 0 Å². The minimum Gasteiger partial charge on any atom is -0.490 e. The van der Waals surface area contributed by atoms with Crippen LogP contribution in [0.3, 0.4) is 0 Å². The number of rotatable bonds is 7. The van der Waals surface area contributed by atoms with Crippen molar-refractivity contribution in [3.63, 3.8) is 0 Å². The van der Waals surface area contributed by atoms with Gasteiger partial charge in [0.2, 0.25) is 11.6 Å². The van der Waals surface area contributed by atoms with Gasteiger partial charge in [-0.05, 0) is 56.1 Å². The molecule has 0 N–H and O–H groups in total. The molecule has 0 unspecified atom stereocenters. The molecule has 2 rings (SSSR count). The van der Waals surface area contributed by atoms with Crippen molar-refractivity contribution < 1.29 is 18.3 Å². The molecule has 1 aliphatic carbocycles. The van der Waals surface area contributed by atoms with Crippen LogP contribution in [-0.4, -0.2) is 13.2 Å². The Hall–Kier alpha value is -1.58. The number of allylic oxidation sites excluding steroid dienone is 1. The van der Waals surface area contributed by atoms with Crippen LogP contribution in [0, 0.1) is 23.5 Å². The van der Waals surface area contributed by atoms with Gasteiger partial charge in [0, 0.05) is 0 Å². The van der Waals surface area contributed by atoms with E-state index in [0.29, 0.717) is 25.0 Å². The quantitative estimate of drug-likeness (QED) is 0.650. The summed E-state index contributed by atoms with van der Waals surface area (Å²) >= 11 is 0. The van der Waals surface area contributed by atoms with E-state index in [2.05, 4.69) is 6.58 Å². The molecule has 0 atom stereocenters. The van der Waals surface area contributed by atoms with Gasteiger partial charge in [-0.2, -0.15) is 8.78 Å². The fraction of sp³-hybridized carbons (Fsp3) is 0.556. The summed E-state index contributed by atoms with van der Waals surface area (Å²) in [5.41, 5.74) is 0. The SMILES string of the molecule is C=CC1CCC(COc2ccc(OCCC)c(F)c2F)CC1. The predicted molar refractivity (Wildman–Crippen MR) is 83.3 cm³/mol. The number of halogens is 2. The second-order valence-corrected chi connectivity index (χ2v) is 5.87. The summed E-state index contributed by atoms with van der Waals surface area (Å²) in [5.74, 6) is -1.05. The van der Waals surface area contributed by atoms with Crippen LogP contribution in [0.1, 0.15) is 39.0 Å². The highest BCUT2D eigenvalue weighted by atomic mass is 19.2. The monoisotopic (exact) mass is 310 g/mol. The smallest absolute Gasteiger partial charge is 0.204 e. The fourth-order valence-electron chi connectivity index (χ4n) is 2.75. The summed E-state index contributed by atoms with van der Waals surface area (Å²) in [6.45, 7) is 6.52. The standard InChI is InChI=1S/C18H24F2O2/c1-3-11-21-15-9-10-16(18(20)17(15)19)22-12-14-7-5-13(4-2)6-8-14/h4,9-10,13-14H,2-3,5-8,11-12H2,1H3. The van der Waals surface area contributed by atoms with Gasteiger partial charge in [0.1, 0.15) is 0 Å². The lowest BCUT2D eigenvalue weighted by Gasteiger charge is -2.26. The van der Waals surface area contributed by atoms with Crippen molar-refractivity contribution in [3.05, 3.63) is 36.4 Å². The number of ether oxygens (including phenoxy) is 2. The van der Waals surface area contributed by atoms with Gasteiger partial charge in [-0.25, -0.2) is 0 Å². The summed E-state index contributed by atoms with van der Waals surface area (Å²) < 4.78 is 38.5. The second-order valence-electron chi connectivity index (χ2n) is 5.87.